The van der Waals surface area contributed by atoms with Gasteiger partial charge in [-0.15, -0.1) is 0 Å². The van der Waals surface area contributed by atoms with Crippen LogP contribution in [0.5, 0.6) is 17.2 Å². The maximum atomic E-state index is 12.3. The Balaban J connectivity index is 0.000000189. The number of carbonyl (C=O) groups is 1. The van der Waals surface area contributed by atoms with Gasteiger partial charge in [0.25, 0.3) is 5.91 Å². The Morgan fingerprint density at radius 1 is 1.17 bits per heavy atom. The zero-order chi connectivity index (χ0) is 29.9. The van der Waals surface area contributed by atoms with E-state index < -0.39 is 0 Å². The second-order valence-corrected chi connectivity index (χ2v) is 11.5. The van der Waals surface area contributed by atoms with E-state index in [0.717, 1.165) is 60.2 Å². The van der Waals surface area contributed by atoms with E-state index in [2.05, 4.69) is 56.4 Å². The van der Waals surface area contributed by atoms with Crippen LogP contribution in [0.4, 0.5) is 5.69 Å². The highest BCUT2D eigenvalue weighted by Crippen LogP contribution is 2.49. The highest BCUT2D eigenvalue weighted by atomic mass is 35.5. The van der Waals surface area contributed by atoms with Gasteiger partial charge in [-0.05, 0) is 68.1 Å². The number of methoxy groups -OCH3 is 1. The maximum Gasteiger partial charge on any atom is 0.255 e. The normalized spacial score (nSPS) is 15.7. The number of amides is 1. The molecule has 0 fully saturated rings. The number of fused-ring (bicyclic) bond motifs is 2. The number of phenolic OH excluding ortho intramolecular Hbond substituents is 2. The first-order valence-electron chi connectivity index (χ1n) is 14.1. The van der Waals surface area contributed by atoms with Crippen LogP contribution in [0.3, 0.4) is 0 Å². The number of hydrogen-bond donors (Lipinski definition) is 4. The van der Waals surface area contributed by atoms with Crippen molar-refractivity contribution in [3.63, 3.8) is 0 Å². The van der Waals surface area contributed by atoms with Crippen molar-refractivity contribution in [2.45, 2.75) is 32.7 Å². The monoisotopic (exact) mass is 581 g/mol. The van der Waals surface area contributed by atoms with Crippen LogP contribution < -0.4 is 15.8 Å². The zero-order valence-electron chi connectivity index (χ0n) is 24.6. The van der Waals surface area contributed by atoms with E-state index in [0.29, 0.717) is 34.6 Å². The quantitative estimate of drug-likeness (QED) is 0.178. The minimum absolute atomic E-state index is 0.0163. The van der Waals surface area contributed by atoms with E-state index >= 15 is 0 Å². The Hall–Kier alpha value is -3.46. The lowest BCUT2D eigenvalue weighted by molar-refractivity contribution is -0.904. The Morgan fingerprint density at radius 3 is 2.59 bits per heavy atom. The first-order valence-corrected chi connectivity index (χ1v) is 14.5. The van der Waals surface area contributed by atoms with Crippen molar-refractivity contribution in [2.75, 3.05) is 59.7 Å². The maximum absolute atomic E-state index is 12.3. The SMILES string of the molecule is CC[N+](C)(CC)CCNC(=O)c1cc(Cl)c(N)cc1OC.CN1CCc2cccc3c2[C@H]1Cc1ccc(O)c(O)c1-3. The first-order chi connectivity index (χ1) is 19.5. The van der Waals surface area contributed by atoms with Gasteiger partial charge in [0.15, 0.2) is 11.5 Å². The van der Waals surface area contributed by atoms with Gasteiger partial charge in [-0.25, -0.2) is 0 Å². The van der Waals surface area contributed by atoms with Crippen molar-refractivity contribution in [3.05, 3.63) is 69.7 Å². The van der Waals surface area contributed by atoms with E-state index in [9.17, 15) is 15.0 Å². The van der Waals surface area contributed by atoms with Gasteiger partial charge in [0, 0.05) is 24.2 Å². The number of nitrogens with zero attached hydrogens (tertiary/aromatic N) is 2. The lowest BCUT2D eigenvalue weighted by Crippen LogP contribution is -2.48. The molecular weight excluding hydrogens is 540 g/mol. The van der Waals surface area contributed by atoms with Crippen molar-refractivity contribution < 1.29 is 24.2 Å². The summed E-state index contributed by atoms with van der Waals surface area (Å²) in [4.78, 5) is 14.6. The second kappa shape index (κ2) is 12.6. The Labute approximate surface area is 247 Å². The molecule has 3 aromatic carbocycles. The van der Waals surface area contributed by atoms with Crippen LogP contribution in [0.15, 0.2) is 42.5 Å². The molecule has 0 saturated carbocycles. The molecule has 0 saturated heterocycles. The molecule has 1 aliphatic carbocycles. The number of phenols is 2. The highest BCUT2D eigenvalue weighted by molar-refractivity contribution is 6.33. The summed E-state index contributed by atoms with van der Waals surface area (Å²) in [5.74, 6) is 0.205. The largest absolute Gasteiger partial charge is 0.504 e. The minimum Gasteiger partial charge on any atom is -0.504 e. The number of nitrogens with one attached hydrogen (secondary N) is 1. The van der Waals surface area contributed by atoms with Crippen molar-refractivity contribution >= 4 is 23.2 Å². The topological polar surface area (TPSA) is 108 Å². The molecule has 1 atom stereocenters. The lowest BCUT2D eigenvalue weighted by Gasteiger charge is -2.39. The molecule has 9 heteroatoms. The van der Waals surface area contributed by atoms with Crippen molar-refractivity contribution in [1.82, 2.24) is 10.2 Å². The molecule has 41 heavy (non-hydrogen) atoms. The molecule has 0 radical (unpaired) electrons. The van der Waals surface area contributed by atoms with Gasteiger partial charge in [-0.1, -0.05) is 35.9 Å². The minimum atomic E-state index is -0.201. The summed E-state index contributed by atoms with van der Waals surface area (Å²) < 4.78 is 6.11. The predicted octanol–water partition coefficient (Wildman–Crippen LogP) is 5.00. The molecular formula is C32H42ClN4O4+. The van der Waals surface area contributed by atoms with Crippen molar-refractivity contribution in [3.8, 4) is 28.4 Å². The highest BCUT2D eigenvalue weighted by Gasteiger charge is 2.34. The van der Waals surface area contributed by atoms with Gasteiger partial charge in [-0.2, -0.15) is 0 Å². The van der Waals surface area contributed by atoms with Crippen LogP contribution in [0.25, 0.3) is 11.1 Å². The molecule has 0 bridgehead atoms. The third-order valence-electron chi connectivity index (χ3n) is 8.75. The number of rotatable bonds is 7. The van der Waals surface area contributed by atoms with Crippen LogP contribution in [0.1, 0.15) is 46.9 Å². The third kappa shape index (κ3) is 6.25. The van der Waals surface area contributed by atoms with E-state index in [-0.39, 0.29) is 17.4 Å². The molecule has 3 aromatic rings. The second-order valence-electron chi connectivity index (χ2n) is 11.1. The molecule has 1 heterocycles. The standard InChI is InChI=1S/C17H17NO2.C15H24ClN3O2/c1-18-8-7-10-3-2-4-12-15(10)13(18)9-11-5-6-14(19)17(20)16(11)12;1-5-19(3,6-2)8-7-18-15(20)11-9-12(16)13(17)10-14(11)21-4/h2-6,13,19-20H,7-9H2,1H3;9-10H,5-8H2,1-4H3,(H2-,17,18,20)/p+1/t13-;/m1./s1. The summed E-state index contributed by atoms with van der Waals surface area (Å²) in [5, 5.41) is 23.3. The summed E-state index contributed by atoms with van der Waals surface area (Å²) in [5.41, 5.74) is 12.2. The van der Waals surface area contributed by atoms with E-state index in [1.807, 2.05) is 6.07 Å². The van der Waals surface area contributed by atoms with E-state index in [1.54, 1.807) is 18.2 Å². The predicted molar refractivity (Wildman–Crippen MR) is 165 cm³/mol. The number of benzene rings is 3. The van der Waals surface area contributed by atoms with Gasteiger partial charge in [0.2, 0.25) is 0 Å². The molecule has 5 N–H and O–H groups in total. The molecule has 220 valence electrons. The van der Waals surface area contributed by atoms with E-state index in [4.69, 9.17) is 22.1 Å². The van der Waals surface area contributed by atoms with Gasteiger partial charge < -0.3 is 30.5 Å². The number of halogens is 1. The number of quaternary nitrogens is 1. The summed E-state index contributed by atoms with van der Waals surface area (Å²) in [6, 6.07) is 13.3. The lowest BCUT2D eigenvalue weighted by atomic mass is 9.77. The number of likely N-dealkylation sites (N-methyl/N-ethyl adjacent to an activating group) is 2. The number of hydrogen-bond acceptors (Lipinski definition) is 6. The number of ether oxygens (including phenoxy) is 1. The average Bonchev–Trinajstić information content (AvgIpc) is 2.98. The molecule has 0 spiro atoms. The number of nitrogens with two attached hydrogens (primary N) is 1. The molecule has 2 aliphatic rings. The van der Waals surface area contributed by atoms with Gasteiger partial charge in [0.1, 0.15) is 5.75 Å². The van der Waals surface area contributed by atoms with Crippen LogP contribution in [-0.2, 0) is 12.8 Å². The van der Waals surface area contributed by atoms with Crippen LogP contribution in [-0.4, -0.2) is 79.4 Å². The molecule has 8 nitrogen and oxygen atoms in total. The number of carbonyl (C=O) groups excluding carboxylic acids is 1. The molecule has 1 aliphatic heterocycles. The van der Waals surface area contributed by atoms with E-state index in [1.165, 1.54) is 18.2 Å². The molecule has 1 amide bonds. The smallest absolute Gasteiger partial charge is 0.255 e. The van der Waals surface area contributed by atoms with Crippen LogP contribution in [0.2, 0.25) is 5.02 Å². The summed E-state index contributed by atoms with van der Waals surface area (Å²) in [6.07, 6.45) is 1.94. The fourth-order valence-corrected chi connectivity index (χ4v) is 5.83. The zero-order valence-corrected chi connectivity index (χ0v) is 25.4. The number of nitrogen functional groups attached to an aromatic ring is 1. The fraction of sp³-hybridized carbons (Fsp3) is 0.406. The number of aromatic hydroxyl groups is 2. The Morgan fingerprint density at radius 2 is 1.90 bits per heavy atom. The van der Waals surface area contributed by atoms with Crippen molar-refractivity contribution in [2.24, 2.45) is 0 Å². The van der Waals surface area contributed by atoms with Crippen molar-refractivity contribution in [1.29, 1.82) is 0 Å². The van der Waals surface area contributed by atoms with Crippen LogP contribution in [0, 0.1) is 0 Å². The number of anilines is 1. The summed E-state index contributed by atoms with van der Waals surface area (Å²) in [7, 11) is 5.84. The first kappa shape index (κ1) is 30.5. The Bertz CT molecular complexity index is 1420. The van der Waals surface area contributed by atoms with Gasteiger partial charge in [0.05, 0.1) is 56.6 Å². The fourth-order valence-electron chi connectivity index (χ4n) is 5.66. The summed E-state index contributed by atoms with van der Waals surface area (Å²) in [6.45, 7) is 8.90. The average molecular weight is 582 g/mol. The molecule has 0 aromatic heterocycles. The van der Waals surface area contributed by atoms with Crippen LogP contribution >= 0.6 is 11.6 Å². The molecule has 0 unspecified atom stereocenters. The van der Waals surface area contributed by atoms with Gasteiger partial charge in [-0.3, -0.25) is 9.69 Å². The van der Waals surface area contributed by atoms with Gasteiger partial charge >= 0.3 is 0 Å². The Kier molecular flexibility index (Phi) is 9.37. The third-order valence-corrected chi connectivity index (χ3v) is 9.08. The summed E-state index contributed by atoms with van der Waals surface area (Å²) >= 11 is 5.97. The molecule has 5 rings (SSSR count).